The van der Waals surface area contributed by atoms with Crippen molar-refractivity contribution in [2.45, 2.75) is 38.5 Å². The molecule has 1 aromatic carbocycles. The van der Waals surface area contributed by atoms with Crippen molar-refractivity contribution < 1.29 is 19.1 Å². The standard InChI is InChI=1S/C23H27N7O4/c1-2-26-23(33)18-9-13-8-17(13)30(18)20(31)11-29-16-5-4-14(10-15(16)21(24)22(25)32)34-12-19-27-6-3-7-28-19/h3-7,10,13,17-18,24,29H,2,8-9,11-12H2,1H3,(H2,25,32)(H,26,33)/t13-,17-,18+/m1/s1. The van der Waals surface area contributed by atoms with Crippen LogP contribution in [-0.4, -0.2) is 63.5 Å². The van der Waals surface area contributed by atoms with Gasteiger partial charge in [0, 0.05) is 36.2 Å². The lowest BCUT2D eigenvalue weighted by molar-refractivity contribution is -0.138. The fraction of sp³-hybridized carbons (Fsp3) is 0.391. The molecular weight excluding hydrogens is 438 g/mol. The molecule has 3 amide bonds. The molecule has 2 heterocycles. The van der Waals surface area contributed by atoms with Gasteiger partial charge in [-0.2, -0.15) is 0 Å². The van der Waals surface area contributed by atoms with Crippen molar-refractivity contribution in [2.75, 3.05) is 18.4 Å². The van der Waals surface area contributed by atoms with Crippen LogP contribution >= 0.6 is 0 Å². The summed E-state index contributed by atoms with van der Waals surface area (Å²) in [5.74, 6) is -0.00764. The van der Waals surface area contributed by atoms with Crippen molar-refractivity contribution in [1.29, 1.82) is 5.41 Å². The van der Waals surface area contributed by atoms with Gasteiger partial charge < -0.3 is 26.0 Å². The van der Waals surface area contributed by atoms with Gasteiger partial charge in [0.05, 0.1) is 6.54 Å². The number of ether oxygens (including phenoxy) is 1. The van der Waals surface area contributed by atoms with Crippen LogP contribution in [0.3, 0.4) is 0 Å². The lowest BCUT2D eigenvalue weighted by Gasteiger charge is -2.27. The van der Waals surface area contributed by atoms with E-state index in [1.54, 1.807) is 35.5 Å². The molecule has 1 saturated heterocycles. The average molecular weight is 466 g/mol. The molecule has 0 bridgehead atoms. The minimum absolute atomic E-state index is 0.0871. The van der Waals surface area contributed by atoms with E-state index in [1.165, 1.54) is 6.07 Å². The summed E-state index contributed by atoms with van der Waals surface area (Å²) in [6.45, 7) is 2.37. The van der Waals surface area contributed by atoms with Crippen LogP contribution in [-0.2, 0) is 21.0 Å². The molecule has 5 N–H and O–H groups in total. The second-order valence-corrected chi connectivity index (χ2v) is 8.26. The minimum Gasteiger partial charge on any atom is -0.486 e. The molecule has 11 heteroatoms. The minimum atomic E-state index is -0.908. The average Bonchev–Trinajstić information content (AvgIpc) is 3.50. The van der Waals surface area contributed by atoms with Crippen LogP contribution in [0.25, 0.3) is 0 Å². The summed E-state index contributed by atoms with van der Waals surface area (Å²) in [4.78, 5) is 47.0. The molecule has 34 heavy (non-hydrogen) atoms. The van der Waals surface area contributed by atoms with Gasteiger partial charge in [-0.05, 0) is 49.9 Å². The largest absolute Gasteiger partial charge is 0.486 e. The number of hydrogen-bond acceptors (Lipinski definition) is 8. The zero-order valence-electron chi connectivity index (χ0n) is 18.8. The van der Waals surface area contributed by atoms with Crippen molar-refractivity contribution in [3.63, 3.8) is 0 Å². The molecule has 0 unspecified atom stereocenters. The van der Waals surface area contributed by atoms with Crippen LogP contribution in [0.5, 0.6) is 5.75 Å². The van der Waals surface area contributed by atoms with Gasteiger partial charge in [0.1, 0.15) is 24.1 Å². The Kier molecular flexibility index (Phi) is 6.71. The first kappa shape index (κ1) is 23.1. The van der Waals surface area contributed by atoms with Crippen LogP contribution < -0.4 is 21.1 Å². The number of carbonyl (C=O) groups excluding carboxylic acids is 3. The normalized spacial score (nSPS) is 20.3. The Bertz CT molecular complexity index is 1110. The molecule has 0 spiro atoms. The number of benzene rings is 1. The third kappa shape index (κ3) is 4.98. The number of piperidine rings is 1. The summed E-state index contributed by atoms with van der Waals surface area (Å²) in [6, 6.07) is 6.11. The summed E-state index contributed by atoms with van der Waals surface area (Å²) < 4.78 is 5.69. The Morgan fingerprint density at radius 1 is 1.24 bits per heavy atom. The predicted molar refractivity (Wildman–Crippen MR) is 123 cm³/mol. The van der Waals surface area contributed by atoms with Gasteiger partial charge in [0.2, 0.25) is 11.8 Å². The first-order valence-electron chi connectivity index (χ1n) is 11.1. The molecule has 3 atom stereocenters. The fourth-order valence-electron chi connectivity index (χ4n) is 4.26. The van der Waals surface area contributed by atoms with E-state index >= 15 is 0 Å². The maximum Gasteiger partial charge on any atom is 0.267 e. The highest BCUT2D eigenvalue weighted by atomic mass is 16.5. The number of rotatable bonds is 10. The highest BCUT2D eigenvalue weighted by molar-refractivity contribution is 6.44. The molecule has 0 radical (unpaired) electrons. The van der Waals surface area contributed by atoms with E-state index in [-0.39, 0.29) is 36.6 Å². The SMILES string of the molecule is CCNC(=O)[C@@H]1C[C@H]2C[C@H]2N1C(=O)CNc1ccc(OCc2ncccn2)cc1C(=N)C(N)=O. The molecule has 1 aromatic heterocycles. The maximum atomic E-state index is 13.0. The number of likely N-dealkylation sites (tertiary alicyclic amines) is 1. The highest BCUT2D eigenvalue weighted by Gasteiger charge is 2.55. The van der Waals surface area contributed by atoms with E-state index in [4.69, 9.17) is 15.9 Å². The van der Waals surface area contributed by atoms with E-state index in [0.29, 0.717) is 36.1 Å². The first-order valence-corrected chi connectivity index (χ1v) is 11.1. The Morgan fingerprint density at radius 3 is 2.71 bits per heavy atom. The summed E-state index contributed by atoms with van der Waals surface area (Å²) in [7, 11) is 0. The Morgan fingerprint density at radius 2 is 2.00 bits per heavy atom. The highest BCUT2D eigenvalue weighted by Crippen LogP contribution is 2.47. The van der Waals surface area contributed by atoms with E-state index in [9.17, 15) is 14.4 Å². The number of likely N-dealkylation sites (N-methyl/N-ethyl adjacent to an activating group) is 1. The van der Waals surface area contributed by atoms with Crippen LogP contribution in [0, 0.1) is 11.3 Å². The van der Waals surface area contributed by atoms with Crippen LogP contribution in [0.15, 0.2) is 36.7 Å². The molecular formula is C23H27N7O4. The number of nitrogens with zero attached hydrogens (tertiary/aromatic N) is 3. The van der Waals surface area contributed by atoms with Gasteiger partial charge in [-0.25, -0.2) is 9.97 Å². The summed E-state index contributed by atoms with van der Waals surface area (Å²) >= 11 is 0. The van der Waals surface area contributed by atoms with Crippen molar-refractivity contribution in [3.8, 4) is 5.75 Å². The Balaban J connectivity index is 1.46. The fourth-order valence-corrected chi connectivity index (χ4v) is 4.26. The number of nitrogens with two attached hydrogens (primary N) is 1. The number of hydrogen-bond donors (Lipinski definition) is 4. The number of nitrogens with one attached hydrogen (secondary N) is 3. The number of primary amides is 1. The van der Waals surface area contributed by atoms with Crippen molar-refractivity contribution >= 4 is 29.1 Å². The monoisotopic (exact) mass is 465 g/mol. The van der Waals surface area contributed by atoms with Crippen molar-refractivity contribution in [1.82, 2.24) is 20.2 Å². The molecule has 2 aromatic rings. The molecule has 1 aliphatic carbocycles. The van der Waals surface area contributed by atoms with Crippen molar-refractivity contribution in [2.24, 2.45) is 11.7 Å². The summed E-state index contributed by atoms with van der Waals surface area (Å²) in [5, 5.41) is 13.9. The lowest BCUT2D eigenvalue weighted by Crippen LogP contribution is -2.49. The maximum absolute atomic E-state index is 13.0. The van der Waals surface area contributed by atoms with Gasteiger partial charge in [0.15, 0.2) is 5.82 Å². The van der Waals surface area contributed by atoms with Crippen LogP contribution in [0.1, 0.15) is 31.2 Å². The van der Waals surface area contributed by atoms with Gasteiger partial charge in [0.25, 0.3) is 5.91 Å². The van der Waals surface area contributed by atoms with E-state index < -0.39 is 17.7 Å². The topological polar surface area (TPSA) is 163 Å². The van der Waals surface area contributed by atoms with E-state index in [2.05, 4.69) is 20.6 Å². The molecule has 4 rings (SSSR count). The number of fused-ring (bicyclic) bond motifs is 1. The number of amides is 3. The summed E-state index contributed by atoms with van der Waals surface area (Å²) in [5.41, 5.74) is 5.52. The molecule has 1 saturated carbocycles. The predicted octanol–water partition coefficient (Wildman–Crippen LogP) is 0.446. The Labute approximate surface area is 196 Å². The molecule has 178 valence electrons. The lowest BCUT2D eigenvalue weighted by atomic mass is 10.1. The van der Waals surface area contributed by atoms with E-state index in [0.717, 1.165) is 6.42 Å². The van der Waals surface area contributed by atoms with Crippen LogP contribution in [0.2, 0.25) is 0 Å². The van der Waals surface area contributed by atoms with Gasteiger partial charge in [-0.1, -0.05) is 0 Å². The zero-order chi connectivity index (χ0) is 24.2. The van der Waals surface area contributed by atoms with Crippen molar-refractivity contribution in [3.05, 3.63) is 48.0 Å². The summed E-state index contributed by atoms with van der Waals surface area (Å²) in [6.07, 6.45) is 4.79. The molecule has 11 nitrogen and oxygen atoms in total. The van der Waals surface area contributed by atoms with Crippen LogP contribution in [0.4, 0.5) is 5.69 Å². The molecule has 1 aliphatic heterocycles. The quantitative estimate of drug-likeness (QED) is 0.370. The van der Waals surface area contributed by atoms with Gasteiger partial charge in [-0.15, -0.1) is 0 Å². The Hall–Kier alpha value is -4.02. The number of anilines is 1. The molecule has 2 aliphatic rings. The smallest absolute Gasteiger partial charge is 0.267 e. The van der Waals surface area contributed by atoms with Gasteiger partial charge >= 0.3 is 0 Å². The number of carbonyl (C=O) groups is 3. The molecule has 2 fully saturated rings. The third-order valence-electron chi connectivity index (χ3n) is 5.97. The number of aromatic nitrogens is 2. The zero-order valence-corrected chi connectivity index (χ0v) is 18.8. The third-order valence-corrected chi connectivity index (χ3v) is 5.97. The first-order chi connectivity index (χ1) is 16.4. The second-order valence-electron chi connectivity index (χ2n) is 8.26. The van der Waals surface area contributed by atoms with Gasteiger partial charge in [-0.3, -0.25) is 19.8 Å². The van der Waals surface area contributed by atoms with E-state index in [1.807, 2.05) is 6.92 Å². The second kappa shape index (κ2) is 9.86.